The van der Waals surface area contributed by atoms with E-state index in [2.05, 4.69) is 5.32 Å². The Labute approximate surface area is 190 Å². The van der Waals surface area contributed by atoms with Gasteiger partial charge in [0.1, 0.15) is 18.1 Å². The summed E-state index contributed by atoms with van der Waals surface area (Å²) in [5.74, 6) is -6.57. The standard InChI is InChI=1S/C20H32N4O9/c1-3-10(2)16(21)19(31)24-8-4-5-13(24)18(30)22-11(6-7-14(25)26)17(29)23-12(20(32)33)9-15(27)28/h10-13,16H,3-9,21H2,1-2H3,(H,22,30)(H,23,29)(H,25,26)(H,27,28)(H,32,33). The molecule has 13 heteroatoms. The highest BCUT2D eigenvalue weighted by Crippen LogP contribution is 2.21. The molecule has 0 aromatic heterocycles. The van der Waals surface area contributed by atoms with Crippen LogP contribution in [0.25, 0.3) is 0 Å². The lowest BCUT2D eigenvalue weighted by atomic mass is 9.98. The number of nitrogens with zero attached hydrogens (tertiary/aromatic N) is 1. The molecule has 3 amide bonds. The third kappa shape index (κ3) is 8.33. The Morgan fingerprint density at radius 1 is 1.03 bits per heavy atom. The monoisotopic (exact) mass is 472 g/mol. The van der Waals surface area contributed by atoms with Gasteiger partial charge in [-0.05, 0) is 25.2 Å². The number of hydrogen-bond acceptors (Lipinski definition) is 7. The van der Waals surface area contributed by atoms with Crippen LogP contribution >= 0.6 is 0 Å². The van der Waals surface area contributed by atoms with Gasteiger partial charge in [0.25, 0.3) is 0 Å². The number of nitrogens with one attached hydrogen (secondary N) is 2. The zero-order valence-corrected chi connectivity index (χ0v) is 18.7. The number of likely N-dealkylation sites (tertiary alicyclic amines) is 1. The lowest BCUT2D eigenvalue weighted by molar-refractivity contribution is -0.147. The summed E-state index contributed by atoms with van der Waals surface area (Å²) in [5.41, 5.74) is 6.01. The number of rotatable bonds is 13. The Kier molecular flexibility index (Phi) is 10.7. The molecular weight excluding hydrogens is 440 g/mol. The van der Waals surface area contributed by atoms with Gasteiger partial charge in [0.2, 0.25) is 17.7 Å². The van der Waals surface area contributed by atoms with Crippen molar-refractivity contribution in [3.05, 3.63) is 0 Å². The van der Waals surface area contributed by atoms with Gasteiger partial charge in [-0.2, -0.15) is 0 Å². The molecule has 186 valence electrons. The normalized spacial score (nSPS) is 19.1. The van der Waals surface area contributed by atoms with E-state index in [9.17, 15) is 28.8 Å². The summed E-state index contributed by atoms with van der Waals surface area (Å²) in [5, 5.41) is 31.3. The van der Waals surface area contributed by atoms with E-state index in [1.54, 1.807) is 0 Å². The minimum Gasteiger partial charge on any atom is -0.481 e. The zero-order chi connectivity index (χ0) is 25.3. The summed E-state index contributed by atoms with van der Waals surface area (Å²) in [7, 11) is 0. The molecule has 0 aliphatic carbocycles. The highest BCUT2D eigenvalue weighted by atomic mass is 16.4. The molecule has 0 radical (unpaired) electrons. The van der Waals surface area contributed by atoms with E-state index in [1.807, 2.05) is 19.2 Å². The maximum absolute atomic E-state index is 12.9. The Morgan fingerprint density at radius 3 is 2.18 bits per heavy atom. The Hall–Kier alpha value is -3.22. The number of aliphatic carboxylic acids is 3. The fourth-order valence-corrected chi connectivity index (χ4v) is 3.44. The van der Waals surface area contributed by atoms with Crippen molar-refractivity contribution >= 4 is 35.6 Å². The Bertz CT molecular complexity index is 773. The first-order valence-electron chi connectivity index (χ1n) is 10.7. The second-order valence-corrected chi connectivity index (χ2v) is 8.09. The van der Waals surface area contributed by atoms with Crippen LogP contribution in [-0.4, -0.2) is 86.6 Å². The molecule has 7 N–H and O–H groups in total. The van der Waals surface area contributed by atoms with Crippen molar-refractivity contribution in [1.29, 1.82) is 0 Å². The van der Waals surface area contributed by atoms with E-state index in [4.69, 9.17) is 21.1 Å². The summed E-state index contributed by atoms with van der Waals surface area (Å²) in [6.45, 7) is 4.00. The van der Waals surface area contributed by atoms with Crippen LogP contribution in [0, 0.1) is 5.92 Å². The SMILES string of the molecule is CCC(C)C(N)C(=O)N1CCCC1C(=O)NC(CCC(=O)O)C(=O)NC(CC(=O)O)C(=O)O. The van der Waals surface area contributed by atoms with Crippen molar-refractivity contribution in [2.75, 3.05) is 6.54 Å². The fourth-order valence-electron chi connectivity index (χ4n) is 3.44. The largest absolute Gasteiger partial charge is 0.481 e. The maximum Gasteiger partial charge on any atom is 0.326 e. The molecule has 0 aromatic rings. The molecule has 1 rings (SSSR count). The maximum atomic E-state index is 12.9. The zero-order valence-electron chi connectivity index (χ0n) is 18.7. The minimum absolute atomic E-state index is 0.113. The van der Waals surface area contributed by atoms with Crippen molar-refractivity contribution in [3.8, 4) is 0 Å². The van der Waals surface area contributed by atoms with E-state index in [0.717, 1.165) is 0 Å². The van der Waals surface area contributed by atoms with Crippen LogP contribution in [-0.2, 0) is 28.8 Å². The molecule has 1 aliphatic heterocycles. The van der Waals surface area contributed by atoms with Crippen molar-refractivity contribution in [1.82, 2.24) is 15.5 Å². The number of carbonyl (C=O) groups is 6. The second-order valence-electron chi connectivity index (χ2n) is 8.09. The molecule has 0 aromatic carbocycles. The highest BCUT2D eigenvalue weighted by molar-refractivity contribution is 5.95. The number of nitrogens with two attached hydrogens (primary N) is 1. The van der Waals surface area contributed by atoms with E-state index < -0.39 is 72.6 Å². The van der Waals surface area contributed by atoms with Gasteiger partial charge in [-0.1, -0.05) is 20.3 Å². The lowest BCUT2D eigenvalue weighted by Crippen LogP contribution is -2.57. The first kappa shape index (κ1) is 27.8. The predicted molar refractivity (Wildman–Crippen MR) is 113 cm³/mol. The van der Waals surface area contributed by atoms with Crippen molar-refractivity contribution in [2.45, 2.75) is 76.5 Å². The van der Waals surface area contributed by atoms with Crippen LogP contribution in [0.4, 0.5) is 0 Å². The summed E-state index contributed by atoms with van der Waals surface area (Å²) in [4.78, 5) is 72.6. The first-order valence-corrected chi connectivity index (χ1v) is 10.7. The molecule has 5 unspecified atom stereocenters. The number of carboxylic acids is 3. The molecule has 0 bridgehead atoms. The van der Waals surface area contributed by atoms with Crippen LogP contribution in [0.1, 0.15) is 52.4 Å². The molecule has 5 atom stereocenters. The van der Waals surface area contributed by atoms with Gasteiger partial charge < -0.3 is 36.6 Å². The van der Waals surface area contributed by atoms with Gasteiger partial charge in [0.05, 0.1) is 12.5 Å². The van der Waals surface area contributed by atoms with Crippen LogP contribution in [0.2, 0.25) is 0 Å². The van der Waals surface area contributed by atoms with E-state index in [-0.39, 0.29) is 12.3 Å². The summed E-state index contributed by atoms with van der Waals surface area (Å²) in [6, 6.07) is -4.92. The van der Waals surface area contributed by atoms with E-state index in [0.29, 0.717) is 25.8 Å². The highest BCUT2D eigenvalue weighted by Gasteiger charge is 2.39. The smallest absolute Gasteiger partial charge is 0.326 e. The summed E-state index contributed by atoms with van der Waals surface area (Å²) >= 11 is 0. The van der Waals surface area contributed by atoms with Gasteiger partial charge in [-0.3, -0.25) is 24.0 Å². The van der Waals surface area contributed by atoms with E-state index >= 15 is 0 Å². The molecule has 1 aliphatic rings. The van der Waals surface area contributed by atoms with Crippen molar-refractivity contribution in [2.24, 2.45) is 11.7 Å². The van der Waals surface area contributed by atoms with Crippen LogP contribution in [0.3, 0.4) is 0 Å². The van der Waals surface area contributed by atoms with Crippen molar-refractivity contribution < 1.29 is 44.1 Å². The third-order valence-electron chi connectivity index (χ3n) is 5.65. The molecule has 0 saturated carbocycles. The lowest BCUT2D eigenvalue weighted by Gasteiger charge is -2.30. The number of hydrogen-bond donors (Lipinski definition) is 6. The fraction of sp³-hybridized carbons (Fsp3) is 0.700. The van der Waals surface area contributed by atoms with Crippen LogP contribution in [0.15, 0.2) is 0 Å². The van der Waals surface area contributed by atoms with Crippen LogP contribution in [0.5, 0.6) is 0 Å². The minimum atomic E-state index is -1.77. The van der Waals surface area contributed by atoms with Gasteiger partial charge in [-0.25, -0.2) is 4.79 Å². The first-order chi connectivity index (χ1) is 15.4. The number of carbonyl (C=O) groups excluding carboxylic acids is 3. The Balaban J connectivity index is 2.97. The second kappa shape index (κ2) is 12.7. The topological polar surface area (TPSA) is 216 Å². The number of carboxylic acid groups (broad SMARTS) is 3. The number of amides is 3. The molecule has 0 spiro atoms. The molecule has 1 fully saturated rings. The van der Waals surface area contributed by atoms with Gasteiger partial charge in [0, 0.05) is 13.0 Å². The molecule has 13 nitrogen and oxygen atoms in total. The van der Waals surface area contributed by atoms with Gasteiger partial charge >= 0.3 is 17.9 Å². The Morgan fingerprint density at radius 2 is 1.67 bits per heavy atom. The van der Waals surface area contributed by atoms with E-state index in [1.165, 1.54) is 4.90 Å². The molecule has 33 heavy (non-hydrogen) atoms. The molecular formula is C20H32N4O9. The average Bonchev–Trinajstić information content (AvgIpc) is 3.23. The van der Waals surface area contributed by atoms with Gasteiger partial charge in [-0.15, -0.1) is 0 Å². The van der Waals surface area contributed by atoms with Crippen LogP contribution < -0.4 is 16.4 Å². The summed E-state index contributed by atoms with van der Waals surface area (Å²) < 4.78 is 0. The predicted octanol–water partition coefficient (Wildman–Crippen LogP) is -1.26. The quantitative estimate of drug-likeness (QED) is 0.187. The van der Waals surface area contributed by atoms with Crippen molar-refractivity contribution in [3.63, 3.8) is 0 Å². The average molecular weight is 472 g/mol. The molecule has 1 saturated heterocycles. The third-order valence-corrected chi connectivity index (χ3v) is 5.65. The molecule has 1 heterocycles. The van der Waals surface area contributed by atoms with Gasteiger partial charge in [0.15, 0.2) is 0 Å². The summed E-state index contributed by atoms with van der Waals surface area (Å²) in [6.07, 6.45) is -0.270.